The van der Waals surface area contributed by atoms with Gasteiger partial charge in [-0.05, 0) is 68.2 Å². The van der Waals surface area contributed by atoms with Crippen LogP contribution >= 0.6 is 0 Å². The molecular formula is C18H22FNO. The summed E-state index contributed by atoms with van der Waals surface area (Å²) < 4.78 is 18.6. The van der Waals surface area contributed by atoms with Crippen molar-refractivity contribution in [3.8, 4) is 5.75 Å². The summed E-state index contributed by atoms with van der Waals surface area (Å²) in [5.74, 6) is 0.752. The van der Waals surface area contributed by atoms with Crippen LogP contribution in [0.15, 0.2) is 48.5 Å². The number of hydrogen-bond donors (Lipinski definition) is 1. The molecule has 0 aliphatic heterocycles. The lowest BCUT2D eigenvalue weighted by Crippen LogP contribution is -2.20. The van der Waals surface area contributed by atoms with Gasteiger partial charge in [0.1, 0.15) is 11.6 Å². The van der Waals surface area contributed by atoms with E-state index >= 15 is 0 Å². The fourth-order valence-electron chi connectivity index (χ4n) is 2.19. The van der Waals surface area contributed by atoms with Gasteiger partial charge in [-0.3, -0.25) is 0 Å². The van der Waals surface area contributed by atoms with Gasteiger partial charge in [-0.2, -0.15) is 0 Å². The number of aryl methyl sites for hydroxylation is 1. The minimum Gasteiger partial charge on any atom is -0.494 e. The largest absolute Gasteiger partial charge is 0.494 e. The van der Waals surface area contributed by atoms with E-state index in [1.165, 1.54) is 11.6 Å². The quantitative estimate of drug-likeness (QED) is 0.747. The average molecular weight is 287 g/mol. The molecule has 2 aromatic rings. The van der Waals surface area contributed by atoms with Crippen LogP contribution < -0.4 is 10.1 Å². The summed E-state index contributed by atoms with van der Waals surface area (Å²) in [7, 11) is 0. The topological polar surface area (TPSA) is 21.3 Å². The Morgan fingerprint density at radius 3 is 2.62 bits per heavy atom. The fraction of sp³-hybridized carbons (Fsp3) is 0.333. The van der Waals surface area contributed by atoms with Crippen molar-refractivity contribution in [3.05, 3.63) is 65.5 Å². The van der Waals surface area contributed by atoms with Crippen LogP contribution in [0.25, 0.3) is 0 Å². The van der Waals surface area contributed by atoms with Gasteiger partial charge in [0.15, 0.2) is 0 Å². The number of halogens is 1. The Bertz CT molecular complexity index is 542. The second kappa shape index (κ2) is 8.42. The van der Waals surface area contributed by atoms with Gasteiger partial charge >= 0.3 is 0 Å². The molecule has 112 valence electrons. The summed E-state index contributed by atoms with van der Waals surface area (Å²) in [6, 6.07) is 14.8. The minimum absolute atomic E-state index is 0.165. The molecule has 2 aromatic carbocycles. The van der Waals surface area contributed by atoms with E-state index in [0.717, 1.165) is 37.2 Å². The first-order valence-corrected chi connectivity index (χ1v) is 7.39. The van der Waals surface area contributed by atoms with Crippen molar-refractivity contribution in [2.75, 3.05) is 19.7 Å². The Balaban J connectivity index is 1.56. The predicted octanol–water partition coefficient (Wildman–Crippen LogP) is 3.74. The first-order chi connectivity index (χ1) is 10.3. The molecule has 0 aromatic heterocycles. The van der Waals surface area contributed by atoms with E-state index in [0.29, 0.717) is 6.61 Å². The molecule has 2 rings (SSSR count). The zero-order valence-corrected chi connectivity index (χ0v) is 12.4. The van der Waals surface area contributed by atoms with E-state index in [-0.39, 0.29) is 5.82 Å². The summed E-state index contributed by atoms with van der Waals surface area (Å²) in [6.45, 7) is 4.49. The van der Waals surface area contributed by atoms with Gasteiger partial charge < -0.3 is 10.1 Å². The van der Waals surface area contributed by atoms with Crippen molar-refractivity contribution < 1.29 is 9.13 Å². The Kier molecular flexibility index (Phi) is 6.22. The maximum atomic E-state index is 13.0. The Morgan fingerprint density at radius 1 is 1.05 bits per heavy atom. The number of rotatable bonds is 8. The first-order valence-electron chi connectivity index (χ1n) is 7.39. The summed E-state index contributed by atoms with van der Waals surface area (Å²) in [5, 5.41) is 3.39. The standard InChI is InChI=1S/C18H22FNO/c1-15-14-17(19)9-8-16(15)10-12-20-11-5-13-21-18-6-3-2-4-7-18/h2-4,6-9,14,20H,5,10-13H2,1H3. The van der Waals surface area contributed by atoms with Crippen LogP contribution in [0.1, 0.15) is 17.5 Å². The van der Waals surface area contributed by atoms with Crippen molar-refractivity contribution in [1.82, 2.24) is 5.32 Å². The lowest BCUT2D eigenvalue weighted by molar-refractivity contribution is 0.308. The van der Waals surface area contributed by atoms with Crippen LogP contribution in [0.2, 0.25) is 0 Å². The molecule has 0 unspecified atom stereocenters. The maximum Gasteiger partial charge on any atom is 0.123 e. The highest BCUT2D eigenvalue weighted by Gasteiger charge is 1.99. The molecule has 0 saturated carbocycles. The minimum atomic E-state index is -0.165. The second-order valence-electron chi connectivity index (χ2n) is 5.09. The number of hydrogen-bond acceptors (Lipinski definition) is 2. The van der Waals surface area contributed by atoms with Crippen LogP contribution in [0.4, 0.5) is 4.39 Å². The number of para-hydroxylation sites is 1. The molecule has 0 saturated heterocycles. The van der Waals surface area contributed by atoms with E-state index in [1.54, 1.807) is 6.07 Å². The Labute approximate surface area is 126 Å². The molecule has 1 N–H and O–H groups in total. The Morgan fingerprint density at radius 2 is 1.86 bits per heavy atom. The Hall–Kier alpha value is -1.87. The van der Waals surface area contributed by atoms with E-state index in [2.05, 4.69) is 5.32 Å². The van der Waals surface area contributed by atoms with Gasteiger partial charge in [-0.1, -0.05) is 24.3 Å². The van der Waals surface area contributed by atoms with Gasteiger partial charge in [0.05, 0.1) is 6.61 Å². The van der Waals surface area contributed by atoms with E-state index < -0.39 is 0 Å². The van der Waals surface area contributed by atoms with Crippen LogP contribution in [-0.4, -0.2) is 19.7 Å². The maximum absolute atomic E-state index is 13.0. The lowest BCUT2D eigenvalue weighted by Gasteiger charge is -2.08. The van der Waals surface area contributed by atoms with E-state index in [1.807, 2.05) is 43.3 Å². The SMILES string of the molecule is Cc1cc(F)ccc1CCNCCCOc1ccccc1. The molecule has 3 heteroatoms. The van der Waals surface area contributed by atoms with Gasteiger partial charge in [-0.15, -0.1) is 0 Å². The van der Waals surface area contributed by atoms with Gasteiger partial charge in [-0.25, -0.2) is 4.39 Å². The summed E-state index contributed by atoms with van der Waals surface area (Å²) in [5.41, 5.74) is 2.22. The zero-order chi connectivity index (χ0) is 14.9. The summed E-state index contributed by atoms with van der Waals surface area (Å²) in [6.07, 6.45) is 1.89. The van der Waals surface area contributed by atoms with E-state index in [4.69, 9.17) is 4.74 Å². The number of nitrogens with one attached hydrogen (secondary N) is 1. The molecule has 0 heterocycles. The molecule has 21 heavy (non-hydrogen) atoms. The monoisotopic (exact) mass is 287 g/mol. The molecule has 0 bridgehead atoms. The molecule has 0 aliphatic carbocycles. The van der Waals surface area contributed by atoms with Gasteiger partial charge in [0, 0.05) is 0 Å². The molecule has 0 fully saturated rings. The molecule has 0 radical (unpaired) electrons. The van der Waals surface area contributed by atoms with Crippen LogP contribution in [0.3, 0.4) is 0 Å². The first kappa shape index (κ1) is 15.5. The van der Waals surface area contributed by atoms with Crippen molar-refractivity contribution in [2.45, 2.75) is 19.8 Å². The number of benzene rings is 2. The summed E-state index contributed by atoms with van der Waals surface area (Å²) in [4.78, 5) is 0. The third-order valence-electron chi connectivity index (χ3n) is 3.39. The highest BCUT2D eigenvalue weighted by Crippen LogP contribution is 2.10. The van der Waals surface area contributed by atoms with Crippen LogP contribution in [-0.2, 0) is 6.42 Å². The third-order valence-corrected chi connectivity index (χ3v) is 3.39. The zero-order valence-electron chi connectivity index (χ0n) is 12.4. The van der Waals surface area contributed by atoms with Crippen LogP contribution in [0.5, 0.6) is 5.75 Å². The molecule has 0 aliphatic rings. The van der Waals surface area contributed by atoms with E-state index in [9.17, 15) is 4.39 Å². The van der Waals surface area contributed by atoms with Gasteiger partial charge in [0.25, 0.3) is 0 Å². The molecule has 0 atom stereocenters. The fourth-order valence-corrected chi connectivity index (χ4v) is 2.19. The molecule has 2 nitrogen and oxygen atoms in total. The third kappa shape index (κ3) is 5.56. The van der Waals surface area contributed by atoms with Crippen LogP contribution in [0, 0.1) is 12.7 Å². The van der Waals surface area contributed by atoms with Crippen molar-refractivity contribution in [2.24, 2.45) is 0 Å². The smallest absolute Gasteiger partial charge is 0.123 e. The lowest BCUT2D eigenvalue weighted by atomic mass is 10.1. The highest BCUT2D eigenvalue weighted by molar-refractivity contribution is 5.26. The average Bonchev–Trinajstić information content (AvgIpc) is 2.49. The summed E-state index contributed by atoms with van der Waals surface area (Å²) >= 11 is 0. The van der Waals surface area contributed by atoms with Crippen molar-refractivity contribution >= 4 is 0 Å². The van der Waals surface area contributed by atoms with Gasteiger partial charge in [0.2, 0.25) is 0 Å². The predicted molar refractivity (Wildman–Crippen MR) is 84.3 cm³/mol. The second-order valence-corrected chi connectivity index (χ2v) is 5.09. The van der Waals surface area contributed by atoms with Crippen molar-refractivity contribution in [3.63, 3.8) is 0 Å². The molecule has 0 amide bonds. The van der Waals surface area contributed by atoms with Crippen molar-refractivity contribution in [1.29, 1.82) is 0 Å². The molecule has 0 spiro atoms. The highest BCUT2D eigenvalue weighted by atomic mass is 19.1. The number of ether oxygens (including phenoxy) is 1. The molecular weight excluding hydrogens is 265 g/mol. The normalized spacial score (nSPS) is 10.6.